The van der Waals surface area contributed by atoms with Gasteiger partial charge in [-0.05, 0) is 27.2 Å². The fourth-order valence-electron chi connectivity index (χ4n) is 1.81. The molecular formula is C12H21N3O. The van der Waals surface area contributed by atoms with Crippen LogP contribution in [0.25, 0.3) is 0 Å². The molecule has 0 atom stereocenters. The topological polar surface area (TPSA) is 49.0 Å². The Balaban J connectivity index is 3.13. The molecule has 90 valence electrons. The first kappa shape index (κ1) is 12.7. The van der Waals surface area contributed by atoms with Crippen LogP contribution in [0.5, 0.6) is 0 Å². The monoisotopic (exact) mass is 223 g/mol. The number of H-pyrrole nitrogens is 1. The van der Waals surface area contributed by atoms with E-state index in [1.807, 2.05) is 11.8 Å². The summed E-state index contributed by atoms with van der Waals surface area (Å²) in [5, 5.41) is 0. The van der Waals surface area contributed by atoms with Gasteiger partial charge in [0.1, 0.15) is 0 Å². The molecule has 0 saturated heterocycles. The Morgan fingerprint density at radius 2 is 1.88 bits per heavy atom. The van der Waals surface area contributed by atoms with Gasteiger partial charge in [-0.1, -0.05) is 13.3 Å². The van der Waals surface area contributed by atoms with Gasteiger partial charge in [0.05, 0.1) is 0 Å². The SMILES string of the molecule is CCCc1c(C)nc(N(CC)CC)[nH]c1=O. The first-order valence-corrected chi connectivity index (χ1v) is 5.98. The van der Waals surface area contributed by atoms with Gasteiger partial charge in [0, 0.05) is 24.3 Å². The molecule has 0 amide bonds. The van der Waals surface area contributed by atoms with Crippen LogP contribution in [-0.2, 0) is 6.42 Å². The number of aryl methyl sites for hydroxylation is 1. The largest absolute Gasteiger partial charge is 0.343 e. The molecule has 0 aliphatic rings. The second-order valence-electron chi connectivity index (χ2n) is 3.88. The van der Waals surface area contributed by atoms with E-state index >= 15 is 0 Å². The Morgan fingerprint density at radius 1 is 1.25 bits per heavy atom. The summed E-state index contributed by atoms with van der Waals surface area (Å²) >= 11 is 0. The second kappa shape index (κ2) is 5.68. The molecule has 0 aliphatic carbocycles. The van der Waals surface area contributed by atoms with E-state index in [9.17, 15) is 4.79 Å². The third kappa shape index (κ3) is 2.62. The van der Waals surface area contributed by atoms with Gasteiger partial charge in [0.25, 0.3) is 5.56 Å². The van der Waals surface area contributed by atoms with Crippen LogP contribution >= 0.6 is 0 Å². The third-order valence-corrected chi connectivity index (χ3v) is 2.77. The van der Waals surface area contributed by atoms with Crippen LogP contribution in [0.15, 0.2) is 4.79 Å². The van der Waals surface area contributed by atoms with Crippen LogP contribution in [0.4, 0.5) is 5.95 Å². The summed E-state index contributed by atoms with van der Waals surface area (Å²) in [6, 6.07) is 0. The van der Waals surface area contributed by atoms with Gasteiger partial charge < -0.3 is 4.90 Å². The lowest BCUT2D eigenvalue weighted by atomic mass is 10.1. The van der Waals surface area contributed by atoms with E-state index in [4.69, 9.17) is 0 Å². The lowest BCUT2D eigenvalue weighted by molar-refractivity contribution is 0.793. The van der Waals surface area contributed by atoms with Crippen LogP contribution in [0.2, 0.25) is 0 Å². The van der Waals surface area contributed by atoms with E-state index < -0.39 is 0 Å². The highest BCUT2D eigenvalue weighted by molar-refractivity contribution is 5.32. The van der Waals surface area contributed by atoms with Crippen LogP contribution in [0, 0.1) is 6.92 Å². The van der Waals surface area contributed by atoms with Crippen LogP contribution < -0.4 is 10.5 Å². The van der Waals surface area contributed by atoms with Gasteiger partial charge in [0.15, 0.2) is 0 Å². The molecule has 0 radical (unpaired) electrons. The molecule has 0 aromatic carbocycles. The zero-order chi connectivity index (χ0) is 12.1. The van der Waals surface area contributed by atoms with Crippen molar-refractivity contribution in [1.29, 1.82) is 0 Å². The number of hydrogen-bond acceptors (Lipinski definition) is 3. The minimum atomic E-state index is 0.0104. The standard InChI is InChI=1S/C12H21N3O/c1-5-8-10-9(4)13-12(14-11(10)16)15(6-2)7-3/h5-8H2,1-4H3,(H,13,14,16). The lowest BCUT2D eigenvalue weighted by Crippen LogP contribution is -2.28. The summed E-state index contributed by atoms with van der Waals surface area (Å²) in [5.41, 5.74) is 1.68. The smallest absolute Gasteiger partial charge is 0.255 e. The molecule has 1 aromatic rings. The Labute approximate surface area is 96.7 Å². The van der Waals surface area contributed by atoms with Crippen molar-refractivity contribution in [3.05, 3.63) is 21.6 Å². The minimum Gasteiger partial charge on any atom is -0.343 e. The third-order valence-electron chi connectivity index (χ3n) is 2.77. The first-order valence-electron chi connectivity index (χ1n) is 5.98. The number of aromatic amines is 1. The summed E-state index contributed by atoms with van der Waals surface area (Å²) in [6.45, 7) is 9.79. The molecule has 4 nitrogen and oxygen atoms in total. The molecule has 4 heteroatoms. The Bertz CT molecular complexity index is 394. The van der Waals surface area contributed by atoms with Crippen LogP contribution in [-0.4, -0.2) is 23.1 Å². The lowest BCUT2D eigenvalue weighted by Gasteiger charge is -2.19. The predicted molar refractivity (Wildman–Crippen MR) is 67.2 cm³/mol. The average Bonchev–Trinajstić information content (AvgIpc) is 2.25. The number of anilines is 1. The zero-order valence-corrected chi connectivity index (χ0v) is 10.6. The maximum Gasteiger partial charge on any atom is 0.255 e. The number of nitrogens with one attached hydrogen (secondary N) is 1. The normalized spacial score (nSPS) is 10.5. The molecule has 0 unspecified atom stereocenters. The molecule has 16 heavy (non-hydrogen) atoms. The Hall–Kier alpha value is -1.32. The molecule has 0 saturated carbocycles. The van der Waals surface area contributed by atoms with Crippen molar-refractivity contribution >= 4 is 5.95 Å². The van der Waals surface area contributed by atoms with Crippen molar-refractivity contribution in [2.75, 3.05) is 18.0 Å². The number of aromatic nitrogens is 2. The minimum absolute atomic E-state index is 0.0104. The fraction of sp³-hybridized carbons (Fsp3) is 0.667. The maximum absolute atomic E-state index is 11.9. The summed E-state index contributed by atoms with van der Waals surface area (Å²) in [5.74, 6) is 0.687. The highest BCUT2D eigenvalue weighted by Crippen LogP contribution is 2.08. The van der Waals surface area contributed by atoms with Gasteiger partial charge >= 0.3 is 0 Å². The Morgan fingerprint density at radius 3 is 2.31 bits per heavy atom. The van der Waals surface area contributed by atoms with Crippen molar-refractivity contribution in [3.63, 3.8) is 0 Å². The molecular weight excluding hydrogens is 202 g/mol. The first-order chi connectivity index (χ1) is 7.63. The van der Waals surface area contributed by atoms with Crippen molar-refractivity contribution in [1.82, 2.24) is 9.97 Å². The summed E-state index contributed by atoms with van der Waals surface area (Å²) in [7, 11) is 0. The van der Waals surface area contributed by atoms with E-state index in [1.54, 1.807) is 0 Å². The van der Waals surface area contributed by atoms with Crippen molar-refractivity contribution in [2.45, 2.75) is 40.5 Å². The fourth-order valence-corrected chi connectivity index (χ4v) is 1.81. The molecule has 0 aliphatic heterocycles. The average molecular weight is 223 g/mol. The van der Waals surface area contributed by atoms with Gasteiger partial charge in [-0.25, -0.2) is 4.98 Å². The van der Waals surface area contributed by atoms with Crippen LogP contribution in [0.1, 0.15) is 38.4 Å². The second-order valence-corrected chi connectivity index (χ2v) is 3.88. The van der Waals surface area contributed by atoms with E-state index in [0.717, 1.165) is 37.2 Å². The number of hydrogen-bond donors (Lipinski definition) is 1. The van der Waals surface area contributed by atoms with E-state index in [-0.39, 0.29) is 5.56 Å². The Kier molecular flexibility index (Phi) is 4.52. The van der Waals surface area contributed by atoms with E-state index in [2.05, 4.69) is 30.7 Å². The molecule has 1 heterocycles. The van der Waals surface area contributed by atoms with Crippen molar-refractivity contribution < 1.29 is 0 Å². The highest BCUT2D eigenvalue weighted by Gasteiger charge is 2.10. The molecule has 0 bridgehead atoms. The summed E-state index contributed by atoms with van der Waals surface area (Å²) in [6.07, 6.45) is 1.77. The van der Waals surface area contributed by atoms with Crippen molar-refractivity contribution in [3.8, 4) is 0 Å². The molecule has 1 N–H and O–H groups in total. The molecule has 1 rings (SSSR count). The van der Waals surface area contributed by atoms with Gasteiger partial charge in [-0.3, -0.25) is 9.78 Å². The summed E-state index contributed by atoms with van der Waals surface area (Å²) in [4.78, 5) is 21.2. The number of nitrogens with zero attached hydrogens (tertiary/aromatic N) is 2. The molecule has 0 fully saturated rings. The quantitative estimate of drug-likeness (QED) is 0.829. The van der Waals surface area contributed by atoms with E-state index in [0.29, 0.717) is 5.95 Å². The van der Waals surface area contributed by atoms with Crippen LogP contribution in [0.3, 0.4) is 0 Å². The highest BCUT2D eigenvalue weighted by atomic mass is 16.1. The molecule has 1 aromatic heterocycles. The molecule has 0 spiro atoms. The summed E-state index contributed by atoms with van der Waals surface area (Å²) < 4.78 is 0. The number of rotatable bonds is 5. The van der Waals surface area contributed by atoms with Gasteiger partial charge in [0.2, 0.25) is 5.95 Å². The maximum atomic E-state index is 11.9. The van der Waals surface area contributed by atoms with Gasteiger partial charge in [-0.15, -0.1) is 0 Å². The zero-order valence-electron chi connectivity index (χ0n) is 10.6. The predicted octanol–water partition coefficient (Wildman–Crippen LogP) is 1.88. The van der Waals surface area contributed by atoms with Crippen molar-refractivity contribution in [2.24, 2.45) is 0 Å². The van der Waals surface area contributed by atoms with Gasteiger partial charge in [-0.2, -0.15) is 0 Å². The van der Waals surface area contributed by atoms with E-state index in [1.165, 1.54) is 0 Å².